The molecule has 1 aromatic rings. The molecule has 0 unspecified atom stereocenters. The Balaban J connectivity index is 2.51. The normalized spacial score (nSPS) is 12.9. The summed E-state index contributed by atoms with van der Waals surface area (Å²) in [5, 5.41) is 12.3. The van der Waals surface area contributed by atoms with E-state index < -0.39 is 0 Å². The molecule has 0 spiro atoms. The zero-order valence-electron chi connectivity index (χ0n) is 8.55. The molecule has 2 nitrogen and oxygen atoms in total. The summed E-state index contributed by atoms with van der Waals surface area (Å²) < 4.78 is 1.12. The first-order valence-corrected chi connectivity index (χ1v) is 5.52. The van der Waals surface area contributed by atoms with Gasteiger partial charge in [-0.2, -0.15) is 0 Å². The molecule has 1 aromatic carbocycles. The zero-order valence-corrected chi connectivity index (χ0v) is 10.1. The van der Waals surface area contributed by atoms with Crippen LogP contribution in [0.3, 0.4) is 0 Å². The molecule has 0 saturated carbocycles. The molecule has 1 atom stereocenters. The van der Waals surface area contributed by atoms with Gasteiger partial charge in [-0.15, -0.1) is 0 Å². The molecule has 0 radical (unpaired) electrons. The average molecular weight is 258 g/mol. The van der Waals surface area contributed by atoms with Crippen LogP contribution in [0.25, 0.3) is 0 Å². The molecule has 2 N–H and O–H groups in total. The van der Waals surface area contributed by atoms with Gasteiger partial charge >= 0.3 is 0 Å². The first kappa shape index (κ1) is 11.7. The van der Waals surface area contributed by atoms with Crippen molar-refractivity contribution in [3.8, 4) is 0 Å². The maximum Gasteiger partial charge on any atom is 0.0636 e. The fourth-order valence-corrected chi connectivity index (χ4v) is 1.84. The lowest BCUT2D eigenvalue weighted by atomic mass is 10.1. The van der Waals surface area contributed by atoms with Crippen molar-refractivity contribution in [1.29, 1.82) is 0 Å². The Hall–Kier alpha value is -0.380. The number of hydrogen-bond donors (Lipinski definition) is 2. The minimum atomic E-state index is -0.292. The highest BCUT2D eigenvalue weighted by molar-refractivity contribution is 9.10. The average Bonchev–Trinajstić information content (AvgIpc) is 2.08. The second kappa shape index (κ2) is 5.49. The van der Waals surface area contributed by atoms with Crippen molar-refractivity contribution >= 4 is 15.9 Å². The van der Waals surface area contributed by atoms with Crippen LogP contribution in [-0.2, 0) is 6.54 Å². The van der Waals surface area contributed by atoms with E-state index in [1.54, 1.807) is 6.92 Å². The van der Waals surface area contributed by atoms with Gasteiger partial charge in [-0.05, 0) is 31.0 Å². The van der Waals surface area contributed by atoms with E-state index in [0.717, 1.165) is 11.0 Å². The van der Waals surface area contributed by atoms with Gasteiger partial charge in [0, 0.05) is 17.6 Å². The summed E-state index contributed by atoms with van der Waals surface area (Å²) in [4.78, 5) is 0. The molecule has 0 aliphatic carbocycles. The largest absolute Gasteiger partial charge is 0.392 e. The molecule has 0 aliphatic rings. The number of rotatable bonds is 4. The van der Waals surface area contributed by atoms with Crippen molar-refractivity contribution in [3.05, 3.63) is 33.8 Å². The van der Waals surface area contributed by atoms with Crippen LogP contribution in [0.4, 0.5) is 0 Å². The molecule has 0 aliphatic heterocycles. The van der Waals surface area contributed by atoms with Crippen LogP contribution in [0, 0.1) is 6.92 Å². The van der Waals surface area contributed by atoms with Crippen molar-refractivity contribution in [2.75, 3.05) is 6.54 Å². The first-order chi connectivity index (χ1) is 6.59. The zero-order chi connectivity index (χ0) is 10.6. The SMILES string of the molecule is Cc1ccc(CNC[C@@H](C)O)c(Br)c1. The van der Waals surface area contributed by atoms with Gasteiger partial charge in [-0.1, -0.05) is 28.1 Å². The van der Waals surface area contributed by atoms with Gasteiger partial charge in [-0.25, -0.2) is 0 Å². The Kier molecular flexibility index (Phi) is 4.58. The number of aliphatic hydroxyl groups is 1. The number of hydrogen-bond acceptors (Lipinski definition) is 2. The van der Waals surface area contributed by atoms with E-state index in [2.05, 4.69) is 46.4 Å². The predicted molar refractivity (Wildman–Crippen MR) is 62.3 cm³/mol. The van der Waals surface area contributed by atoms with Gasteiger partial charge in [0.2, 0.25) is 0 Å². The van der Waals surface area contributed by atoms with Crippen molar-refractivity contribution in [2.24, 2.45) is 0 Å². The Bertz CT molecular complexity index is 299. The van der Waals surface area contributed by atoms with E-state index in [1.807, 2.05) is 0 Å². The van der Waals surface area contributed by atoms with Crippen molar-refractivity contribution < 1.29 is 5.11 Å². The molecule has 0 bridgehead atoms. The minimum absolute atomic E-state index is 0.292. The highest BCUT2D eigenvalue weighted by Gasteiger charge is 2.00. The summed E-state index contributed by atoms with van der Waals surface area (Å²) in [6.07, 6.45) is -0.292. The van der Waals surface area contributed by atoms with Gasteiger partial charge in [0.1, 0.15) is 0 Å². The third kappa shape index (κ3) is 3.78. The van der Waals surface area contributed by atoms with E-state index in [-0.39, 0.29) is 6.10 Å². The molecule has 1 rings (SSSR count). The Labute approximate surface area is 93.5 Å². The summed E-state index contributed by atoms with van der Waals surface area (Å²) in [6, 6.07) is 6.28. The number of benzene rings is 1. The monoisotopic (exact) mass is 257 g/mol. The van der Waals surface area contributed by atoms with Crippen LogP contribution in [0.2, 0.25) is 0 Å². The number of aliphatic hydroxyl groups excluding tert-OH is 1. The second-order valence-corrected chi connectivity index (χ2v) is 4.43. The van der Waals surface area contributed by atoms with Crippen LogP contribution < -0.4 is 5.32 Å². The van der Waals surface area contributed by atoms with E-state index in [9.17, 15) is 0 Å². The third-order valence-corrected chi connectivity index (χ3v) is 2.70. The Morgan fingerprint density at radius 1 is 1.50 bits per heavy atom. The smallest absolute Gasteiger partial charge is 0.0636 e. The minimum Gasteiger partial charge on any atom is -0.392 e. The van der Waals surface area contributed by atoms with Crippen LogP contribution in [0.15, 0.2) is 22.7 Å². The standard InChI is InChI=1S/C11H16BrNO/c1-8-3-4-10(11(12)5-8)7-13-6-9(2)14/h3-5,9,13-14H,6-7H2,1-2H3/t9-/m1/s1. The maximum atomic E-state index is 9.07. The molecule has 0 saturated heterocycles. The highest BCUT2D eigenvalue weighted by atomic mass is 79.9. The molecule has 0 fully saturated rings. The summed E-state index contributed by atoms with van der Waals surface area (Å²) >= 11 is 3.51. The van der Waals surface area contributed by atoms with Gasteiger partial charge in [-0.3, -0.25) is 0 Å². The molecular weight excluding hydrogens is 242 g/mol. The van der Waals surface area contributed by atoms with Crippen LogP contribution in [0.5, 0.6) is 0 Å². The van der Waals surface area contributed by atoms with E-state index in [4.69, 9.17) is 5.11 Å². The number of nitrogens with one attached hydrogen (secondary N) is 1. The molecule has 0 amide bonds. The molecule has 3 heteroatoms. The summed E-state index contributed by atoms with van der Waals surface area (Å²) in [5.74, 6) is 0. The topological polar surface area (TPSA) is 32.3 Å². The fraction of sp³-hybridized carbons (Fsp3) is 0.455. The predicted octanol–water partition coefficient (Wildman–Crippen LogP) is 2.23. The Morgan fingerprint density at radius 2 is 2.21 bits per heavy atom. The summed E-state index contributed by atoms with van der Waals surface area (Å²) in [5.41, 5.74) is 2.47. The number of halogens is 1. The van der Waals surface area contributed by atoms with Gasteiger partial charge in [0.15, 0.2) is 0 Å². The molecule has 0 aromatic heterocycles. The van der Waals surface area contributed by atoms with Crippen molar-refractivity contribution in [3.63, 3.8) is 0 Å². The summed E-state index contributed by atoms with van der Waals surface area (Å²) in [6.45, 7) is 5.25. The Morgan fingerprint density at radius 3 is 2.79 bits per heavy atom. The van der Waals surface area contributed by atoms with Gasteiger partial charge < -0.3 is 10.4 Å². The molecular formula is C11H16BrNO. The lowest BCUT2D eigenvalue weighted by Crippen LogP contribution is -2.23. The van der Waals surface area contributed by atoms with Crippen LogP contribution in [-0.4, -0.2) is 17.8 Å². The van der Waals surface area contributed by atoms with Gasteiger partial charge in [0.25, 0.3) is 0 Å². The maximum absolute atomic E-state index is 9.07. The molecule has 0 heterocycles. The quantitative estimate of drug-likeness (QED) is 0.868. The second-order valence-electron chi connectivity index (χ2n) is 3.57. The molecule has 78 valence electrons. The third-order valence-electron chi connectivity index (χ3n) is 1.96. The van der Waals surface area contributed by atoms with Crippen LogP contribution in [0.1, 0.15) is 18.1 Å². The summed E-state index contributed by atoms with van der Waals surface area (Å²) in [7, 11) is 0. The van der Waals surface area contributed by atoms with E-state index in [0.29, 0.717) is 6.54 Å². The highest BCUT2D eigenvalue weighted by Crippen LogP contribution is 2.17. The number of aryl methyl sites for hydroxylation is 1. The lowest BCUT2D eigenvalue weighted by molar-refractivity contribution is 0.191. The van der Waals surface area contributed by atoms with Crippen molar-refractivity contribution in [2.45, 2.75) is 26.5 Å². The van der Waals surface area contributed by atoms with Gasteiger partial charge in [0.05, 0.1) is 6.10 Å². The molecule has 14 heavy (non-hydrogen) atoms. The van der Waals surface area contributed by atoms with E-state index in [1.165, 1.54) is 11.1 Å². The van der Waals surface area contributed by atoms with Crippen molar-refractivity contribution in [1.82, 2.24) is 5.32 Å². The lowest BCUT2D eigenvalue weighted by Gasteiger charge is -2.08. The first-order valence-electron chi connectivity index (χ1n) is 4.73. The van der Waals surface area contributed by atoms with Crippen LogP contribution >= 0.6 is 15.9 Å². The van der Waals surface area contributed by atoms with E-state index >= 15 is 0 Å². The fourth-order valence-electron chi connectivity index (χ4n) is 1.21.